The summed E-state index contributed by atoms with van der Waals surface area (Å²) in [5.41, 5.74) is 6.32. The first-order valence-corrected chi connectivity index (χ1v) is 8.03. The lowest BCUT2D eigenvalue weighted by molar-refractivity contribution is 0.0272. The Hall–Kier alpha value is -0.510. The van der Waals surface area contributed by atoms with Crippen LogP contribution >= 0.6 is 11.3 Å². The third-order valence-electron chi connectivity index (χ3n) is 2.70. The molecule has 102 valence electrons. The molecule has 1 fully saturated rings. The number of hydrazine groups is 1. The van der Waals surface area contributed by atoms with Crippen molar-refractivity contribution >= 4 is 21.4 Å². The van der Waals surface area contributed by atoms with Gasteiger partial charge >= 0.3 is 0 Å². The molecule has 0 aliphatic carbocycles. The molecule has 18 heavy (non-hydrogen) atoms. The molecule has 0 unspecified atom stereocenters. The van der Waals surface area contributed by atoms with Crippen LogP contribution in [-0.4, -0.2) is 39.7 Å². The molecule has 0 radical (unpaired) electrons. The molecule has 1 saturated heterocycles. The topological polar surface area (TPSA) is 84.7 Å². The summed E-state index contributed by atoms with van der Waals surface area (Å²) in [4.78, 5) is 3.60. The highest BCUT2D eigenvalue weighted by atomic mass is 32.2. The largest absolute Gasteiger partial charge is 0.379 e. The van der Waals surface area contributed by atoms with E-state index in [1.807, 2.05) is 5.38 Å². The van der Waals surface area contributed by atoms with Crippen LogP contribution in [0.15, 0.2) is 10.3 Å². The van der Waals surface area contributed by atoms with Crippen LogP contribution in [0.4, 0.5) is 0 Å². The van der Waals surface area contributed by atoms with Crippen LogP contribution in [0.5, 0.6) is 0 Å². The van der Waals surface area contributed by atoms with Crippen molar-refractivity contribution in [3.8, 4) is 0 Å². The van der Waals surface area contributed by atoms with Gasteiger partial charge in [-0.3, -0.25) is 0 Å². The van der Waals surface area contributed by atoms with Crippen molar-refractivity contribution < 1.29 is 13.2 Å². The van der Waals surface area contributed by atoms with Crippen LogP contribution in [-0.2, 0) is 21.3 Å². The third-order valence-corrected chi connectivity index (χ3v) is 5.56. The van der Waals surface area contributed by atoms with Gasteiger partial charge in [0.25, 0.3) is 10.0 Å². The maximum atomic E-state index is 12.3. The molecular weight excluding hydrogens is 274 g/mol. The van der Waals surface area contributed by atoms with Crippen molar-refractivity contribution in [3.63, 3.8) is 0 Å². The SMILES string of the molecule is Cc1csc(CN)c1S(=O)(=O)NN1CCOCC1. The Labute approximate surface area is 111 Å². The molecule has 0 bridgehead atoms. The van der Waals surface area contributed by atoms with E-state index in [0.29, 0.717) is 36.1 Å². The Balaban J connectivity index is 2.21. The van der Waals surface area contributed by atoms with Crippen LogP contribution in [0, 0.1) is 6.92 Å². The molecule has 0 aromatic carbocycles. The molecule has 6 nitrogen and oxygen atoms in total. The fraction of sp³-hybridized carbons (Fsp3) is 0.600. The number of rotatable bonds is 4. The highest BCUT2D eigenvalue weighted by Gasteiger charge is 2.25. The molecule has 1 aromatic rings. The molecule has 0 amide bonds. The second-order valence-corrected chi connectivity index (χ2v) is 6.63. The Kier molecular flexibility index (Phi) is 4.36. The number of nitrogens with one attached hydrogen (secondary N) is 1. The van der Waals surface area contributed by atoms with Gasteiger partial charge in [0.15, 0.2) is 0 Å². The maximum absolute atomic E-state index is 12.3. The van der Waals surface area contributed by atoms with E-state index in [1.54, 1.807) is 11.9 Å². The summed E-state index contributed by atoms with van der Waals surface area (Å²) in [5, 5.41) is 3.48. The van der Waals surface area contributed by atoms with Crippen LogP contribution in [0.2, 0.25) is 0 Å². The summed E-state index contributed by atoms with van der Waals surface area (Å²) in [6, 6.07) is 0. The number of hydrogen-bond acceptors (Lipinski definition) is 6. The summed E-state index contributed by atoms with van der Waals surface area (Å²) in [6.07, 6.45) is 0. The molecule has 8 heteroatoms. The number of nitrogens with zero attached hydrogens (tertiary/aromatic N) is 1. The monoisotopic (exact) mass is 291 g/mol. The average molecular weight is 291 g/mol. The highest BCUT2D eigenvalue weighted by Crippen LogP contribution is 2.26. The maximum Gasteiger partial charge on any atom is 0.254 e. The van der Waals surface area contributed by atoms with Gasteiger partial charge in [-0.15, -0.1) is 16.2 Å². The van der Waals surface area contributed by atoms with Gasteiger partial charge in [0.1, 0.15) is 4.90 Å². The van der Waals surface area contributed by atoms with Crippen molar-refractivity contribution in [2.75, 3.05) is 26.3 Å². The van der Waals surface area contributed by atoms with Gasteiger partial charge in [-0.25, -0.2) is 13.4 Å². The van der Waals surface area contributed by atoms with Gasteiger partial charge in [-0.05, 0) is 17.9 Å². The van der Waals surface area contributed by atoms with E-state index < -0.39 is 10.0 Å². The zero-order chi connectivity index (χ0) is 13.2. The number of ether oxygens (including phenoxy) is 1. The number of hydrogen-bond donors (Lipinski definition) is 2. The highest BCUT2D eigenvalue weighted by molar-refractivity contribution is 7.89. The van der Waals surface area contributed by atoms with Gasteiger partial charge in [0, 0.05) is 24.5 Å². The second-order valence-electron chi connectivity index (χ2n) is 4.07. The zero-order valence-corrected chi connectivity index (χ0v) is 11.8. The van der Waals surface area contributed by atoms with Gasteiger partial charge in [-0.2, -0.15) is 0 Å². The minimum atomic E-state index is -3.54. The molecule has 2 heterocycles. The molecular formula is C10H17N3O3S2. The van der Waals surface area contributed by atoms with E-state index in [9.17, 15) is 8.42 Å². The van der Waals surface area contributed by atoms with Crippen LogP contribution in [0.1, 0.15) is 10.4 Å². The van der Waals surface area contributed by atoms with E-state index in [-0.39, 0.29) is 6.54 Å². The first-order chi connectivity index (χ1) is 8.54. The van der Waals surface area contributed by atoms with E-state index in [2.05, 4.69) is 4.83 Å². The molecule has 0 atom stereocenters. The minimum Gasteiger partial charge on any atom is -0.379 e. The van der Waals surface area contributed by atoms with Crippen LogP contribution in [0.25, 0.3) is 0 Å². The van der Waals surface area contributed by atoms with Crippen molar-refractivity contribution in [3.05, 3.63) is 15.8 Å². The van der Waals surface area contributed by atoms with Crippen molar-refractivity contribution in [1.29, 1.82) is 0 Å². The Morgan fingerprint density at radius 2 is 2.17 bits per heavy atom. The Bertz CT molecular complexity index is 506. The standard InChI is InChI=1S/C10H17N3O3S2/c1-8-7-17-9(6-11)10(8)18(14,15)12-13-2-4-16-5-3-13/h7,12H,2-6,11H2,1H3. The lowest BCUT2D eigenvalue weighted by Crippen LogP contribution is -2.48. The summed E-state index contributed by atoms with van der Waals surface area (Å²) in [6.45, 7) is 4.20. The molecule has 3 N–H and O–H groups in total. The lowest BCUT2D eigenvalue weighted by Gasteiger charge is -2.26. The Morgan fingerprint density at radius 1 is 1.50 bits per heavy atom. The van der Waals surface area contributed by atoms with E-state index in [4.69, 9.17) is 10.5 Å². The molecule has 1 aliphatic heterocycles. The number of thiophene rings is 1. The quantitative estimate of drug-likeness (QED) is 0.818. The first-order valence-electron chi connectivity index (χ1n) is 5.67. The fourth-order valence-electron chi connectivity index (χ4n) is 1.86. The number of nitrogens with two attached hydrogens (primary N) is 1. The fourth-order valence-corrected chi connectivity index (χ4v) is 4.69. The number of sulfonamides is 1. The minimum absolute atomic E-state index is 0.234. The lowest BCUT2D eigenvalue weighted by atomic mass is 10.3. The van der Waals surface area contributed by atoms with Crippen molar-refractivity contribution in [2.24, 2.45) is 5.73 Å². The average Bonchev–Trinajstić information content (AvgIpc) is 2.72. The molecule has 0 saturated carbocycles. The molecule has 0 spiro atoms. The van der Waals surface area contributed by atoms with E-state index in [1.165, 1.54) is 11.3 Å². The van der Waals surface area contributed by atoms with Crippen molar-refractivity contribution in [1.82, 2.24) is 9.84 Å². The molecule has 1 aliphatic rings. The smallest absolute Gasteiger partial charge is 0.254 e. The normalized spacial score (nSPS) is 18.1. The summed E-state index contributed by atoms with van der Waals surface area (Å²) >= 11 is 1.38. The summed E-state index contributed by atoms with van der Waals surface area (Å²) < 4.78 is 29.8. The van der Waals surface area contributed by atoms with E-state index >= 15 is 0 Å². The zero-order valence-electron chi connectivity index (χ0n) is 10.2. The third kappa shape index (κ3) is 2.90. The van der Waals surface area contributed by atoms with Crippen LogP contribution in [0.3, 0.4) is 0 Å². The number of aryl methyl sites for hydroxylation is 1. The predicted octanol–water partition coefficient (Wildman–Crippen LogP) is 0.0407. The summed E-state index contributed by atoms with van der Waals surface area (Å²) in [7, 11) is -3.54. The first kappa shape index (κ1) is 13.9. The van der Waals surface area contributed by atoms with Gasteiger partial charge in [0.05, 0.1) is 13.2 Å². The predicted molar refractivity (Wildman–Crippen MR) is 69.7 cm³/mol. The van der Waals surface area contributed by atoms with Gasteiger partial charge in [0.2, 0.25) is 0 Å². The van der Waals surface area contributed by atoms with E-state index in [0.717, 1.165) is 5.56 Å². The van der Waals surface area contributed by atoms with Gasteiger partial charge in [-0.1, -0.05) is 0 Å². The summed E-state index contributed by atoms with van der Waals surface area (Å²) in [5.74, 6) is 0. The molecule has 1 aromatic heterocycles. The molecule has 2 rings (SSSR count). The Morgan fingerprint density at radius 3 is 2.78 bits per heavy atom. The second kappa shape index (κ2) is 5.64. The van der Waals surface area contributed by atoms with Crippen molar-refractivity contribution in [2.45, 2.75) is 18.4 Å². The van der Waals surface area contributed by atoms with Crippen LogP contribution < -0.4 is 10.6 Å². The van der Waals surface area contributed by atoms with Gasteiger partial charge < -0.3 is 10.5 Å². The number of morpholine rings is 1.